The number of ether oxygens (including phenoxy) is 3. The lowest BCUT2D eigenvalue weighted by Gasteiger charge is -2.18. The zero-order chi connectivity index (χ0) is 21.7. The average molecular weight is 451 g/mol. The van der Waals surface area contributed by atoms with Crippen molar-refractivity contribution in [3.8, 4) is 17.4 Å². The first-order valence-corrected chi connectivity index (χ1v) is 9.56. The van der Waals surface area contributed by atoms with Gasteiger partial charge in [-0.05, 0) is 42.7 Å². The van der Waals surface area contributed by atoms with E-state index in [-0.39, 0.29) is 30.1 Å². The van der Waals surface area contributed by atoms with Gasteiger partial charge in [-0.2, -0.15) is 0 Å². The quantitative estimate of drug-likeness (QED) is 0.387. The monoisotopic (exact) mass is 450 g/mol. The molecule has 0 amide bonds. The average Bonchev–Trinajstić information content (AvgIpc) is 3.17. The van der Waals surface area contributed by atoms with Crippen LogP contribution < -0.4 is 14.8 Å². The third kappa shape index (κ3) is 6.04. The Morgan fingerprint density at radius 1 is 1.16 bits per heavy atom. The van der Waals surface area contributed by atoms with Crippen LogP contribution in [0.5, 0.6) is 17.4 Å². The Labute approximate surface area is 186 Å². The highest BCUT2D eigenvalue weighted by Crippen LogP contribution is 2.33. The molecule has 8 nitrogen and oxygen atoms in total. The van der Waals surface area contributed by atoms with Crippen molar-refractivity contribution in [1.82, 2.24) is 10.3 Å². The summed E-state index contributed by atoms with van der Waals surface area (Å²) in [5.74, 6) is 0.919. The summed E-state index contributed by atoms with van der Waals surface area (Å²) < 4.78 is 14.6. The first-order chi connectivity index (χ1) is 14.4. The van der Waals surface area contributed by atoms with Gasteiger partial charge in [0.15, 0.2) is 0 Å². The summed E-state index contributed by atoms with van der Waals surface area (Å²) in [6, 6.07) is 12.7. The van der Waals surface area contributed by atoms with E-state index in [2.05, 4.69) is 15.0 Å². The number of aromatic amines is 1. The van der Waals surface area contributed by atoms with E-state index >= 15 is 0 Å². The number of aromatic nitrogens is 1. The molecule has 4 N–H and O–H groups in total. The lowest BCUT2D eigenvalue weighted by atomic mass is 10.0. The van der Waals surface area contributed by atoms with Gasteiger partial charge in [0, 0.05) is 24.0 Å². The van der Waals surface area contributed by atoms with Crippen LogP contribution >= 0.6 is 12.4 Å². The molecule has 0 saturated carbocycles. The van der Waals surface area contributed by atoms with Crippen LogP contribution in [0.15, 0.2) is 42.5 Å². The van der Waals surface area contributed by atoms with Gasteiger partial charge in [-0.15, -0.1) is 12.4 Å². The molecule has 0 bridgehead atoms. The first kappa shape index (κ1) is 24.3. The number of phenols is 1. The Bertz CT molecular complexity index is 1010. The minimum Gasteiger partial charge on any atom is -0.506 e. The third-order valence-corrected chi connectivity index (χ3v) is 4.86. The van der Waals surface area contributed by atoms with Gasteiger partial charge in [0.25, 0.3) is 0 Å². The fraction of sp³-hybridized carbons (Fsp3) is 0.318. The number of halogens is 1. The Morgan fingerprint density at radius 2 is 1.87 bits per heavy atom. The van der Waals surface area contributed by atoms with Crippen LogP contribution in [-0.2, 0) is 11.2 Å². The second-order valence-corrected chi connectivity index (χ2v) is 7.03. The fourth-order valence-corrected chi connectivity index (χ4v) is 3.29. The molecule has 0 spiro atoms. The summed E-state index contributed by atoms with van der Waals surface area (Å²) in [6.07, 6.45) is -0.909. The predicted molar refractivity (Wildman–Crippen MR) is 119 cm³/mol. The van der Waals surface area contributed by atoms with E-state index in [1.54, 1.807) is 19.2 Å². The zero-order valence-electron chi connectivity index (χ0n) is 17.5. The van der Waals surface area contributed by atoms with Crippen molar-refractivity contribution in [2.75, 3.05) is 20.8 Å². The lowest BCUT2D eigenvalue weighted by Crippen LogP contribution is -2.32. The maximum Gasteiger partial charge on any atom is 0.514 e. The highest BCUT2D eigenvalue weighted by molar-refractivity contribution is 5.90. The summed E-state index contributed by atoms with van der Waals surface area (Å²) in [6.45, 7) is 2.36. The summed E-state index contributed by atoms with van der Waals surface area (Å²) in [5.41, 5.74) is 2.13. The Morgan fingerprint density at radius 3 is 2.52 bits per heavy atom. The van der Waals surface area contributed by atoms with E-state index < -0.39 is 12.3 Å². The smallest absolute Gasteiger partial charge is 0.506 e. The van der Waals surface area contributed by atoms with E-state index in [1.807, 2.05) is 31.2 Å². The van der Waals surface area contributed by atoms with Crippen LogP contribution in [0.1, 0.15) is 24.2 Å². The molecule has 9 heteroatoms. The molecule has 3 aromatic rings. The van der Waals surface area contributed by atoms with E-state index in [4.69, 9.17) is 9.47 Å². The second kappa shape index (κ2) is 10.9. The molecule has 0 aliphatic heterocycles. The number of fused-ring (bicyclic) bond motifs is 1. The number of aliphatic hydroxyl groups excluding tert-OH is 1. The van der Waals surface area contributed by atoms with Crippen LogP contribution in [0.2, 0.25) is 0 Å². The number of benzene rings is 2. The third-order valence-electron chi connectivity index (χ3n) is 4.86. The van der Waals surface area contributed by atoms with Gasteiger partial charge < -0.3 is 34.7 Å². The fourth-order valence-electron chi connectivity index (χ4n) is 3.29. The molecule has 168 valence electrons. The number of nitrogens with one attached hydrogen (secondary N) is 2. The van der Waals surface area contributed by atoms with Crippen LogP contribution in [-0.4, -0.2) is 48.2 Å². The molecule has 0 radical (unpaired) electrons. The van der Waals surface area contributed by atoms with Crippen molar-refractivity contribution in [3.05, 3.63) is 53.6 Å². The number of H-pyrrole nitrogens is 1. The van der Waals surface area contributed by atoms with Crippen molar-refractivity contribution in [2.24, 2.45) is 0 Å². The van der Waals surface area contributed by atoms with Gasteiger partial charge in [-0.1, -0.05) is 18.2 Å². The number of phenolic OH excluding ortho intramolecular Hbond substituents is 1. The minimum absolute atomic E-state index is 0. The Hall–Kier alpha value is -2.94. The molecule has 31 heavy (non-hydrogen) atoms. The van der Waals surface area contributed by atoms with Gasteiger partial charge in [0.05, 0.1) is 25.8 Å². The van der Waals surface area contributed by atoms with Crippen LogP contribution in [0.3, 0.4) is 0 Å². The molecular weight excluding hydrogens is 424 g/mol. The maximum atomic E-state index is 11.3. The normalized spacial score (nSPS) is 12.6. The van der Waals surface area contributed by atoms with Crippen molar-refractivity contribution in [1.29, 1.82) is 0 Å². The highest BCUT2D eigenvalue weighted by atomic mass is 35.5. The standard InChI is InChI=1S/C22H26N2O6.ClH/c1-13(10-14-4-6-15(28-2)7-5-14)23-12-19(26)16-8-9-18(25)21-17(16)11-20(24-21)30-22(27)29-3;/h4-9,11,13,19,23-26H,10,12H2,1-3H3;1H. The van der Waals surface area contributed by atoms with E-state index in [9.17, 15) is 15.0 Å². The summed E-state index contributed by atoms with van der Waals surface area (Å²) in [7, 11) is 2.84. The van der Waals surface area contributed by atoms with Crippen molar-refractivity contribution in [2.45, 2.75) is 25.5 Å². The molecule has 3 rings (SSSR count). The van der Waals surface area contributed by atoms with Crippen LogP contribution in [0.25, 0.3) is 10.9 Å². The van der Waals surface area contributed by atoms with E-state index in [1.165, 1.54) is 13.2 Å². The number of hydrogen-bond acceptors (Lipinski definition) is 7. The van der Waals surface area contributed by atoms with Gasteiger partial charge in [0.2, 0.25) is 5.88 Å². The van der Waals surface area contributed by atoms with Crippen molar-refractivity contribution < 1.29 is 29.2 Å². The van der Waals surface area contributed by atoms with Gasteiger partial charge in [0.1, 0.15) is 11.5 Å². The lowest BCUT2D eigenvalue weighted by molar-refractivity contribution is 0.120. The molecular formula is C22H27ClN2O6. The molecule has 0 aliphatic carbocycles. The molecule has 2 unspecified atom stereocenters. The Balaban J connectivity index is 0.00000341. The van der Waals surface area contributed by atoms with Crippen molar-refractivity contribution >= 4 is 29.5 Å². The van der Waals surface area contributed by atoms with Gasteiger partial charge in [-0.3, -0.25) is 0 Å². The van der Waals surface area contributed by atoms with Crippen LogP contribution in [0, 0.1) is 0 Å². The van der Waals surface area contributed by atoms with E-state index in [0.717, 1.165) is 17.7 Å². The molecule has 1 heterocycles. The minimum atomic E-state index is -0.878. The molecule has 0 saturated heterocycles. The molecule has 2 aromatic carbocycles. The Kier molecular flexibility index (Phi) is 8.56. The summed E-state index contributed by atoms with van der Waals surface area (Å²) in [5, 5.41) is 24.7. The SMILES string of the molecule is COC(=O)Oc1cc2c(C(O)CNC(C)Cc3ccc(OC)cc3)ccc(O)c2[nH]1.Cl. The predicted octanol–water partition coefficient (Wildman–Crippen LogP) is 3.70. The number of carbonyl (C=O) groups excluding carboxylic acids is 1. The number of carbonyl (C=O) groups is 1. The number of aliphatic hydroxyl groups is 1. The maximum absolute atomic E-state index is 11.3. The number of aromatic hydroxyl groups is 1. The van der Waals surface area contributed by atoms with Gasteiger partial charge in [-0.25, -0.2) is 4.79 Å². The van der Waals surface area contributed by atoms with E-state index in [0.29, 0.717) is 23.0 Å². The number of hydrogen-bond donors (Lipinski definition) is 4. The molecule has 0 aliphatic rings. The summed E-state index contributed by atoms with van der Waals surface area (Å²) >= 11 is 0. The topological polar surface area (TPSA) is 113 Å². The molecule has 0 fully saturated rings. The zero-order valence-corrected chi connectivity index (χ0v) is 18.4. The van der Waals surface area contributed by atoms with Crippen molar-refractivity contribution in [3.63, 3.8) is 0 Å². The summed E-state index contributed by atoms with van der Waals surface area (Å²) in [4.78, 5) is 14.1. The van der Waals surface area contributed by atoms with Gasteiger partial charge >= 0.3 is 6.16 Å². The molecule has 2 atom stereocenters. The van der Waals surface area contributed by atoms with Crippen LogP contribution in [0.4, 0.5) is 4.79 Å². The number of methoxy groups -OCH3 is 2. The first-order valence-electron chi connectivity index (χ1n) is 9.56. The molecule has 1 aromatic heterocycles. The number of rotatable bonds is 8. The second-order valence-electron chi connectivity index (χ2n) is 7.03. The highest BCUT2D eigenvalue weighted by Gasteiger charge is 2.18. The largest absolute Gasteiger partial charge is 0.514 e.